The fourth-order valence-electron chi connectivity index (χ4n) is 5.95. The molecule has 0 amide bonds. The molecule has 0 unspecified atom stereocenters. The van der Waals surface area contributed by atoms with E-state index in [1.807, 2.05) is 0 Å². The minimum Gasteiger partial charge on any atom is -0.496 e. The Labute approximate surface area is 216 Å². The smallest absolute Gasteiger partial charge is 0.227 e. The fourth-order valence-corrected chi connectivity index (χ4v) is 5.95. The average molecular weight is 496 g/mol. The van der Waals surface area contributed by atoms with E-state index in [0.717, 1.165) is 112 Å². The molecule has 0 atom stereocenters. The van der Waals surface area contributed by atoms with Crippen LogP contribution in [0.4, 0.5) is 11.8 Å². The highest BCUT2D eigenvalue weighted by molar-refractivity contribution is 5.92. The van der Waals surface area contributed by atoms with Crippen LogP contribution in [-0.2, 0) is 6.42 Å². The Morgan fingerprint density at radius 3 is 2.50 bits per heavy atom. The summed E-state index contributed by atoms with van der Waals surface area (Å²) < 4.78 is 5.91. The lowest BCUT2D eigenvalue weighted by atomic mass is 9.91. The number of likely N-dealkylation sites (N-methyl/N-ethyl adjacent to an activating group) is 1. The third-order valence-corrected chi connectivity index (χ3v) is 8.43. The zero-order chi connectivity index (χ0) is 24.9. The molecule has 3 aliphatic rings. The molecule has 198 valence electrons. The lowest BCUT2D eigenvalue weighted by molar-refractivity contribution is 0.264. The maximum atomic E-state index is 5.91. The summed E-state index contributed by atoms with van der Waals surface area (Å²) in [6.07, 6.45) is 8.21. The molecule has 8 heteroatoms. The first-order valence-corrected chi connectivity index (χ1v) is 14.1. The van der Waals surface area contributed by atoms with Gasteiger partial charge in [-0.3, -0.25) is 0 Å². The number of anilines is 2. The number of methoxy groups -OCH3 is 1. The van der Waals surface area contributed by atoms with Gasteiger partial charge in [0.05, 0.1) is 12.6 Å². The molecule has 1 aromatic heterocycles. The number of likely N-dealkylation sites (tertiary alicyclic amines) is 1. The highest BCUT2D eigenvalue weighted by Crippen LogP contribution is 2.33. The fraction of sp³-hybridized carbons (Fsp3) is 0.714. The van der Waals surface area contributed by atoms with Crippen LogP contribution in [0.3, 0.4) is 0 Å². The number of ether oxygens (including phenoxy) is 1. The van der Waals surface area contributed by atoms with Gasteiger partial charge in [-0.25, -0.2) is 4.98 Å². The summed E-state index contributed by atoms with van der Waals surface area (Å²) in [5.41, 5.74) is 2.31. The number of piperidine rings is 2. The molecular weight excluding hydrogens is 450 g/mol. The van der Waals surface area contributed by atoms with Crippen molar-refractivity contribution < 1.29 is 4.74 Å². The second-order valence-corrected chi connectivity index (χ2v) is 11.2. The van der Waals surface area contributed by atoms with Crippen molar-refractivity contribution in [2.24, 2.45) is 5.92 Å². The van der Waals surface area contributed by atoms with E-state index in [0.29, 0.717) is 6.04 Å². The lowest BCUT2D eigenvalue weighted by Crippen LogP contribution is -2.37. The van der Waals surface area contributed by atoms with Crippen LogP contribution in [0.15, 0.2) is 12.1 Å². The van der Waals surface area contributed by atoms with Crippen LogP contribution in [0.2, 0.25) is 0 Å². The largest absolute Gasteiger partial charge is 0.496 e. The Bertz CT molecular complexity index is 1000. The number of aryl methyl sites for hydroxylation is 1. The van der Waals surface area contributed by atoms with Gasteiger partial charge in [0.1, 0.15) is 11.6 Å². The zero-order valence-electron chi connectivity index (χ0n) is 22.6. The van der Waals surface area contributed by atoms with Gasteiger partial charge in [-0.05, 0) is 115 Å². The van der Waals surface area contributed by atoms with Crippen molar-refractivity contribution in [2.45, 2.75) is 51.0 Å². The van der Waals surface area contributed by atoms with Crippen LogP contribution in [0.5, 0.6) is 5.75 Å². The van der Waals surface area contributed by atoms with Crippen LogP contribution in [0, 0.1) is 5.92 Å². The molecule has 36 heavy (non-hydrogen) atoms. The number of fused-ring (bicyclic) bond motifs is 1. The molecule has 0 bridgehead atoms. The van der Waals surface area contributed by atoms with Gasteiger partial charge < -0.3 is 30.1 Å². The normalized spacial score (nSPS) is 21.6. The van der Waals surface area contributed by atoms with E-state index < -0.39 is 0 Å². The van der Waals surface area contributed by atoms with Gasteiger partial charge in [0, 0.05) is 31.1 Å². The molecule has 1 aromatic carbocycles. The zero-order valence-corrected chi connectivity index (χ0v) is 22.6. The van der Waals surface area contributed by atoms with E-state index in [1.54, 1.807) is 7.11 Å². The molecule has 3 aliphatic heterocycles. The summed E-state index contributed by atoms with van der Waals surface area (Å²) in [5, 5.41) is 8.39. The quantitative estimate of drug-likeness (QED) is 0.607. The number of rotatable bonds is 7. The molecule has 0 aliphatic carbocycles. The molecule has 2 N–H and O–H groups in total. The van der Waals surface area contributed by atoms with Crippen molar-refractivity contribution in [1.29, 1.82) is 0 Å². The van der Waals surface area contributed by atoms with Gasteiger partial charge in [-0.2, -0.15) is 4.98 Å². The molecule has 0 saturated carbocycles. The molecule has 0 spiro atoms. The maximum Gasteiger partial charge on any atom is 0.227 e. The molecule has 3 fully saturated rings. The monoisotopic (exact) mass is 495 g/mol. The minimum absolute atomic E-state index is 0.438. The first-order chi connectivity index (χ1) is 17.6. The van der Waals surface area contributed by atoms with Gasteiger partial charge in [-0.1, -0.05) is 0 Å². The van der Waals surface area contributed by atoms with Gasteiger partial charge in [0.15, 0.2) is 0 Å². The second-order valence-electron chi connectivity index (χ2n) is 11.2. The standard InChI is InChI=1S/C28H45N7O/c1-33-13-4-14-35(18-17-33)28-31-25-19-22(6-5-21-7-11-29-12-8-21)26(36-3)20-24(25)27(32-28)30-23-9-15-34(2)16-10-23/h19-21,23,29H,4-18H2,1-3H3,(H,30,31,32). The number of aromatic nitrogens is 2. The SMILES string of the molecule is COc1cc2c(NC3CCN(C)CC3)nc(N3CCCN(C)CC3)nc2cc1CCC1CCNCC1. The predicted molar refractivity (Wildman–Crippen MR) is 148 cm³/mol. The Morgan fingerprint density at radius 2 is 1.72 bits per heavy atom. The van der Waals surface area contributed by atoms with Crippen LogP contribution in [0.25, 0.3) is 10.9 Å². The van der Waals surface area contributed by atoms with E-state index in [4.69, 9.17) is 14.7 Å². The third kappa shape index (κ3) is 6.21. The van der Waals surface area contributed by atoms with Crippen molar-refractivity contribution in [1.82, 2.24) is 25.1 Å². The number of benzene rings is 1. The number of nitrogens with one attached hydrogen (secondary N) is 2. The summed E-state index contributed by atoms with van der Waals surface area (Å²) in [5.74, 6) is 3.59. The maximum absolute atomic E-state index is 5.91. The topological polar surface area (TPSA) is 68.8 Å². The highest BCUT2D eigenvalue weighted by atomic mass is 16.5. The summed E-state index contributed by atoms with van der Waals surface area (Å²) in [7, 11) is 6.21. The Hall–Kier alpha value is -2.16. The first-order valence-electron chi connectivity index (χ1n) is 14.1. The number of nitrogens with zero attached hydrogens (tertiary/aromatic N) is 5. The van der Waals surface area contributed by atoms with E-state index in [9.17, 15) is 0 Å². The van der Waals surface area contributed by atoms with Crippen LogP contribution < -0.4 is 20.3 Å². The van der Waals surface area contributed by atoms with Gasteiger partial charge in [-0.15, -0.1) is 0 Å². The Morgan fingerprint density at radius 1 is 0.944 bits per heavy atom. The molecule has 5 rings (SSSR count). The molecule has 2 aromatic rings. The first kappa shape index (κ1) is 25.5. The summed E-state index contributed by atoms with van der Waals surface area (Å²) >= 11 is 0. The highest BCUT2D eigenvalue weighted by Gasteiger charge is 2.22. The van der Waals surface area contributed by atoms with Crippen molar-refractivity contribution in [2.75, 3.05) is 83.8 Å². The second kappa shape index (κ2) is 11.9. The third-order valence-electron chi connectivity index (χ3n) is 8.43. The molecular formula is C28H45N7O. The molecule has 4 heterocycles. The minimum atomic E-state index is 0.438. The van der Waals surface area contributed by atoms with Crippen molar-refractivity contribution in [3.8, 4) is 5.75 Å². The summed E-state index contributed by atoms with van der Waals surface area (Å²) in [6, 6.07) is 4.90. The van der Waals surface area contributed by atoms with Crippen LogP contribution in [-0.4, -0.2) is 99.4 Å². The van der Waals surface area contributed by atoms with Gasteiger partial charge in [0.2, 0.25) is 5.95 Å². The Kier molecular flexibility index (Phi) is 8.44. The van der Waals surface area contributed by atoms with Crippen LogP contribution >= 0.6 is 0 Å². The number of hydrogen-bond donors (Lipinski definition) is 2. The van der Waals surface area contributed by atoms with Crippen molar-refractivity contribution >= 4 is 22.7 Å². The van der Waals surface area contributed by atoms with Gasteiger partial charge >= 0.3 is 0 Å². The van der Waals surface area contributed by atoms with Crippen molar-refractivity contribution in [3.63, 3.8) is 0 Å². The average Bonchev–Trinajstić information content (AvgIpc) is 3.13. The van der Waals surface area contributed by atoms with Crippen LogP contribution in [0.1, 0.15) is 44.1 Å². The summed E-state index contributed by atoms with van der Waals surface area (Å²) in [4.78, 5) is 17.5. The predicted octanol–water partition coefficient (Wildman–Crippen LogP) is 3.22. The van der Waals surface area contributed by atoms with E-state index in [1.165, 1.54) is 24.8 Å². The summed E-state index contributed by atoms with van der Waals surface area (Å²) in [6.45, 7) is 8.68. The molecule has 8 nitrogen and oxygen atoms in total. The Balaban J connectivity index is 1.46. The molecule has 3 saturated heterocycles. The van der Waals surface area contributed by atoms with E-state index in [2.05, 4.69) is 51.6 Å². The van der Waals surface area contributed by atoms with E-state index >= 15 is 0 Å². The van der Waals surface area contributed by atoms with Gasteiger partial charge in [0.25, 0.3) is 0 Å². The number of hydrogen-bond acceptors (Lipinski definition) is 8. The van der Waals surface area contributed by atoms with E-state index in [-0.39, 0.29) is 0 Å². The lowest BCUT2D eigenvalue weighted by Gasteiger charge is -2.30. The molecule has 0 radical (unpaired) electrons. The van der Waals surface area contributed by atoms with Crippen molar-refractivity contribution in [3.05, 3.63) is 17.7 Å².